The van der Waals surface area contributed by atoms with Gasteiger partial charge in [-0.3, -0.25) is 4.79 Å². The molecule has 2 aromatic rings. The lowest BCUT2D eigenvalue weighted by Crippen LogP contribution is -2.11. The van der Waals surface area contributed by atoms with E-state index in [2.05, 4.69) is 20.8 Å². The van der Waals surface area contributed by atoms with Crippen molar-refractivity contribution in [1.29, 1.82) is 0 Å². The molecule has 0 N–H and O–H groups in total. The SMILES string of the molecule is CCCCCCCCCC(=O)Oc1ccc(-c2ccc(C(=O)OCC(C)CC)cc2)cc1. The molecule has 0 aliphatic rings. The molecule has 174 valence electrons. The fraction of sp³-hybridized carbons (Fsp3) is 0.500. The fourth-order valence-corrected chi connectivity index (χ4v) is 3.34. The van der Waals surface area contributed by atoms with Crippen LogP contribution in [0.2, 0.25) is 0 Å². The van der Waals surface area contributed by atoms with Crippen LogP contribution in [0.3, 0.4) is 0 Å². The maximum Gasteiger partial charge on any atom is 0.338 e. The van der Waals surface area contributed by atoms with Crippen molar-refractivity contribution in [2.24, 2.45) is 5.92 Å². The smallest absolute Gasteiger partial charge is 0.338 e. The van der Waals surface area contributed by atoms with Gasteiger partial charge in [-0.25, -0.2) is 4.79 Å². The van der Waals surface area contributed by atoms with E-state index in [0.29, 0.717) is 30.3 Å². The van der Waals surface area contributed by atoms with E-state index in [1.165, 1.54) is 32.1 Å². The lowest BCUT2D eigenvalue weighted by atomic mass is 10.0. The molecule has 4 nitrogen and oxygen atoms in total. The maximum atomic E-state index is 12.1. The van der Waals surface area contributed by atoms with E-state index < -0.39 is 0 Å². The van der Waals surface area contributed by atoms with Crippen molar-refractivity contribution in [1.82, 2.24) is 0 Å². The Morgan fingerprint density at radius 3 is 1.94 bits per heavy atom. The molecule has 0 aliphatic heterocycles. The molecule has 0 saturated heterocycles. The Bertz CT molecular complexity index is 808. The summed E-state index contributed by atoms with van der Waals surface area (Å²) in [5, 5.41) is 0. The average Bonchev–Trinajstić information content (AvgIpc) is 2.82. The molecule has 0 aliphatic carbocycles. The normalized spacial score (nSPS) is 11.7. The minimum Gasteiger partial charge on any atom is -0.462 e. The van der Waals surface area contributed by atoms with Gasteiger partial charge in [-0.15, -0.1) is 0 Å². The van der Waals surface area contributed by atoms with Crippen molar-refractivity contribution in [3.8, 4) is 16.9 Å². The van der Waals surface area contributed by atoms with Crippen LogP contribution in [0, 0.1) is 5.92 Å². The zero-order valence-electron chi connectivity index (χ0n) is 19.9. The van der Waals surface area contributed by atoms with Crippen molar-refractivity contribution in [3.05, 3.63) is 54.1 Å². The highest BCUT2D eigenvalue weighted by Crippen LogP contribution is 2.23. The number of ether oxygens (including phenoxy) is 2. The Morgan fingerprint density at radius 1 is 0.781 bits per heavy atom. The number of carbonyl (C=O) groups excluding carboxylic acids is 2. The second-order valence-corrected chi connectivity index (χ2v) is 8.56. The summed E-state index contributed by atoms with van der Waals surface area (Å²) in [6, 6.07) is 14.8. The van der Waals surface area contributed by atoms with Crippen molar-refractivity contribution in [2.75, 3.05) is 6.61 Å². The third-order valence-electron chi connectivity index (χ3n) is 5.72. The van der Waals surface area contributed by atoms with Crippen LogP contribution >= 0.6 is 0 Å². The van der Waals surface area contributed by atoms with Gasteiger partial charge in [0.1, 0.15) is 5.75 Å². The van der Waals surface area contributed by atoms with E-state index in [0.717, 1.165) is 30.4 Å². The first kappa shape index (κ1) is 25.6. The topological polar surface area (TPSA) is 52.6 Å². The molecule has 2 aromatic carbocycles. The van der Waals surface area contributed by atoms with E-state index in [9.17, 15) is 9.59 Å². The lowest BCUT2D eigenvalue weighted by molar-refractivity contribution is -0.134. The molecule has 0 radical (unpaired) electrons. The van der Waals surface area contributed by atoms with E-state index in [1.807, 2.05) is 36.4 Å². The van der Waals surface area contributed by atoms with Crippen LogP contribution in [-0.2, 0) is 9.53 Å². The summed E-state index contributed by atoms with van der Waals surface area (Å²) in [7, 11) is 0. The Balaban J connectivity index is 1.78. The van der Waals surface area contributed by atoms with E-state index in [4.69, 9.17) is 9.47 Å². The van der Waals surface area contributed by atoms with Crippen molar-refractivity contribution in [3.63, 3.8) is 0 Å². The summed E-state index contributed by atoms with van der Waals surface area (Å²) < 4.78 is 10.8. The number of esters is 2. The molecule has 1 atom stereocenters. The first-order valence-electron chi connectivity index (χ1n) is 12.1. The third-order valence-corrected chi connectivity index (χ3v) is 5.72. The Kier molecular flexibility index (Phi) is 11.6. The van der Waals surface area contributed by atoms with Crippen LogP contribution in [-0.4, -0.2) is 18.5 Å². The summed E-state index contributed by atoms with van der Waals surface area (Å²) in [6.45, 7) is 6.80. The van der Waals surface area contributed by atoms with Crippen LogP contribution in [0.1, 0.15) is 88.9 Å². The molecule has 0 saturated carbocycles. The van der Waals surface area contributed by atoms with Gasteiger partial charge in [-0.1, -0.05) is 90.0 Å². The Morgan fingerprint density at radius 2 is 1.34 bits per heavy atom. The number of carbonyl (C=O) groups is 2. The maximum absolute atomic E-state index is 12.1. The second kappa shape index (κ2) is 14.4. The van der Waals surface area contributed by atoms with Gasteiger partial charge in [0, 0.05) is 6.42 Å². The highest BCUT2D eigenvalue weighted by molar-refractivity contribution is 5.90. The molecule has 0 amide bonds. The van der Waals surface area contributed by atoms with Gasteiger partial charge in [-0.2, -0.15) is 0 Å². The van der Waals surface area contributed by atoms with E-state index in [-0.39, 0.29) is 11.9 Å². The summed E-state index contributed by atoms with van der Waals surface area (Å²) in [5.74, 6) is 0.458. The number of unbranched alkanes of at least 4 members (excludes halogenated alkanes) is 6. The van der Waals surface area contributed by atoms with Crippen molar-refractivity contribution in [2.45, 2.75) is 78.6 Å². The molecule has 0 bridgehead atoms. The molecular weight excluding hydrogens is 400 g/mol. The second-order valence-electron chi connectivity index (χ2n) is 8.56. The van der Waals surface area contributed by atoms with Crippen LogP contribution < -0.4 is 4.74 Å². The number of hydrogen-bond acceptors (Lipinski definition) is 4. The molecule has 0 fully saturated rings. The van der Waals surface area contributed by atoms with E-state index >= 15 is 0 Å². The largest absolute Gasteiger partial charge is 0.462 e. The number of hydrogen-bond donors (Lipinski definition) is 0. The lowest BCUT2D eigenvalue weighted by Gasteiger charge is -2.10. The molecular formula is C28H38O4. The molecule has 1 unspecified atom stereocenters. The van der Waals surface area contributed by atoms with Gasteiger partial charge in [0.2, 0.25) is 0 Å². The van der Waals surface area contributed by atoms with Gasteiger partial charge >= 0.3 is 11.9 Å². The Labute approximate surface area is 193 Å². The van der Waals surface area contributed by atoms with Crippen LogP contribution in [0.5, 0.6) is 5.75 Å². The molecule has 0 aromatic heterocycles. The molecule has 0 spiro atoms. The summed E-state index contributed by atoms with van der Waals surface area (Å²) in [6.07, 6.45) is 9.70. The van der Waals surface area contributed by atoms with Gasteiger partial charge < -0.3 is 9.47 Å². The summed E-state index contributed by atoms with van der Waals surface area (Å²) >= 11 is 0. The Hall–Kier alpha value is -2.62. The number of benzene rings is 2. The van der Waals surface area contributed by atoms with E-state index in [1.54, 1.807) is 12.1 Å². The zero-order chi connectivity index (χ0) is 23.2. The van der Waals surface area contributed by atoms with Gasteiger partial charge in [-0.05, 0) is 47.7 Å². The average molecular weight is 439 g/mol. The molecule has 4 heteroatoms. The van der Waals surface area contributed by atoms with Crippen LogP contribution in [0.4, 0.5) is 0 Å². The van der Waals surface area contributed by atoms with Gasteiger partial charge in [0.25, 0.3) is 0 Å². The summed E-state index contributed by atoms with van der Waals surface area (Å²) in [5.41, 5.74) is 2.54. The molecule has 32 heavy (non-hydrogen) atoms. The first-order valence-corrected chi connectivity index (χ1v) is 12.1. The zero-order valence-corrected chi connectivity index (χ0v) is 19.9. The van der Waals surface area contributed by atoms with Crippen LogP contribution in [0.15, 0.2) is 48.5 Å². The van der Waals surface area contributed by atoms with Gasteiger partial charge in [0.15, 0.2) is 0 Å². The van der Waals surface area contributed by atoms with Gasteiger partial charge in [0.05, 0.1) is 12.2 Å². The molecule has 0 heterocycles. The fourth-order valence-electron chi connectivity index (χ4n) is 3.34. The minimum absolute atomic E-state index is 0.174. The monoisotopic (exact) mass is 438 g/mol. The standard InChI is InChI=1S/C28H38O4/c1-4-6-7-8-9-10-11-12-27(29)32-26-19-17-24(18-20-26)23-13-15-25(16-14-23)28(30)31-21-22(3)5-2/h13-20,22H,4-12,21H2,1-3H3. The highest BCUT2D eigenvalue weighted by atomic mass is 16.5. The predicted octanol–water partition coefficient (Wildman–Crippen LogP) is 7.60. The summed E-state index contributed by atoms with van der Waals surface area (Å²) in [4.78, 5) is 24.2. The highest BCUT2D eigenvalue weighted by Gasteiger charge is 2.10. The molecule has 2 rings (SSSR count). The number of rotatable bonds is 14. The minimum atomic E-state index is -0.292. The third kappa shape index (κ3) is 9.25. The quantitative estimate of drug-likeness (QED) is 0.173. The first-order chi connectivity index (χ1) is 15.5. The van der Waals surface area contributed by atoms with Crippen molar-refractivity contribution >= 4 is 11.9 Å². The van der Waals surface area contributed by atoms with Crippen LogP contribution in [0.25, 0.3) is 11.1 Å². The predicted molar refractivity (Wildman–Crippen MR) is 130 cm³/mol. The van der Waals surface area contributed by atoms with Crippen molar-refractivity contribution < 1.29 is 19.1 Å².